The summed E-state index contributed by atoms with van der Waals surface area (Å²) in [6.45, 7) is 4.45. The van der Waals surface area contributed by atoms with Crippen LogP contribution in [0.15, 0.2) is 12.2 Å². The van der Waals surface area contributed by atoms with Gasteiger partial charge in [-0.3, -0.25) is 18.6 Å². The molecule has 0 spiro atoms. The zero-order valence-corrected chi connectivity index (χ0v) is 39.7. The first kappa shape index (κ1) is 56.8. The van der Waals surface area contributed by atoms with Crippen molar-refractivity contribution in [1.29, 1.82) is 0 Å². The summed E-state index contributed by atoms with van der Waals surface area (Å²) < 4.78 is 34.4. The number of hydrogen-bond acceptors (Lipinski definition) is 7. The second-order valence-electron chi connectivity index (χ2n) is 17.9. The van der Waals surface area contributed by atoms with Crippen LogP contribution in [0.25, 0.3) is 0 Å². The summed E-state index contributed by atoms with van der Waals surface area (Å²) in [5.41, 5.74) is 0. The number of esters is 2. The minimum Gasteiger partial charge on any atom is -0.462 e. The lowest BCUT2D eigenvalue weighted by molar-refractivity contribution is -0.870. The third-order valence-corrected chi connectivity index (χ3v) is 11.8. The number of carbonyl (C=O) groups is 2. The standard InChI is InChI=1S/C48H94NO8P/c1-6-8-10-12-14-16-18-20-22-24-25-27-29-31-33-35-37-39-41-48(51)57-46(45-56-58(52,53)55-43-42-49(3,4)5)44-54-47(50)40-38-36-34-32-30-28-26-23-21-19-17-15-13-11-9-7-2/h23,26,46H,6-22,24-25,27-45H2,1-5H3/p+1/b26-23-/t46-/m1/s1. The minimum atomic E-state index is -4.37. The van der Waals surface area contributed by atoms with Crippen LogP contribution in [0.4, 0.5) is 0 Å². The van der Waals surface area contributed by atoms with Crippen LogP contribution in [0.3, 0.4) is 0 Å². The molecule has 0 aliphatic heterocycles. The molecule has 0 heterocycles. The van der Waals surface area contributed by atoms with Gasteiger partial charge in [0.05, 0.1) is 27.7 Å². The zero-order chi connectivity index (χ0) is 42.8. The molecule has 0 saturated heterocycles. The maximum atomic E-state index is 12.7. The molecule has 0 radical (unpaired) electrons. The first-order valence-corrected chi connectivity index (χ1v) is 25.9. The average molecular weight is 845 g/mol. The number of nitrogens with zero attached hydrogens (tertiary/aromatic N) is 1. The molecule has 1 unspecified atom stereocenters. The van der Waals surface area contributed by atoms with Gasteiger partial charge in [0, 0.05) is 12.8 Å². The number of hydrogen-bond donors (Lipinski definition) is 1. The van der Waals surface area contributed by atoms with Crippen LogP contribution in [0.1, 0.15) is 232 Å². The lowest BCUT2D eigenvalue weighted by atomic mass is 10.0. The highest BCUT2D eigenvalue weighted by atomic mass is 31.2. The second kappa shape index (κ2) is 41.1. The largest absolute Gasteiger partial charge is 0.472 e. The molecule has 0 saturated carbocycles. The van der Waals surface area contributed by atoms with Crippen molar-refractivity contribution in [3.8, 4) is 0 Å². The van der Waals surface area contributed by atoms with Crippen molar-refractivity contribution in [3.63, 3.8) is 0 Å². The van der Waals surface area contributed by atoms with E-state index in [9.17, 15) is 19.0 Å². The Kier molecular flexibility index (Phi) is 40.2. The molecule has 0 amide bonds. The van der Waals surface area contributed by atoms with E-state index in [0.29, 0.717) is 17.4 Å². The molecule has 2 atom stereocenters. The van der Waals surface area contributed by atoms with Crippen molar-refractivity contribution in [2.45, 2.75) is 238 Å². The van der Waals surface area contributed by atoms with Crippen LogP contribution < -0.4 is 0 Å². The Balaban J connectivity index is 4.27. The van der Waals surface area contributed by atoms with Gasteiger partial charge in [0.1, 0.15) is 19.8 Å². The Labute approximate surface area is 358 Å². The summed E-state index contributed by atoms with van der Waals surface area (Å²) in [5, 5.41) is 0. The number of unbranched alkanes of at least 4 members (excludes halogenated alkanes) is 29. The molecule has 0 bridgehead atoms. The van der Waals surface area contributed by atoms with Crippen LogP contribution in [0.5, 0.6) is 0 Å². The fourth-order valence-corrected chi connectivity index (χ4v) is 7.69. The molecule has 344 valence electrons. The van der Waals surface area contributed by atoms with E-state index in [1.807, 2.05) is 21.1 Å². The topological polar surface area (TPSA) is 108 Å². The maximum absolute atomic E-state index is 12.7. The molecule has 0 aliphatic rings. The van der Waals surface area contributed by atoms with Crippen LogP contribution >= 0.6 is 7.82 Å². The van der Waals surface area contributed by atoms with E-state index < -0.39 is 26.5 Å². The predicted octanol–water partition coefficient (Wildman–Crippen LogP) is 14.1. The fraction of sp³-hybridized carbons (Fsp3) is 0.917. The molecule has 10 heteroatoms. The van der Waals surface area contributed by atoms with Crippen molar-refractivity contribution in [2.24, 2.45) is 0 Å². The quantitative estimate of drug-likeness (QED) is 0.0212. The molecule has 58 heavy (non-hydrogen) atoms. The van der Waals surface area contributed by atoms with E-state index in [0.717, 1.165) is 51.4 Å². The Morgan fingerprint density at radius 3 is 1.28 bits per heavy atom. The van der Waals surface area contributed by atoms with Gasteiger partial charge in [-0.05, 0) is 38.5 Å². The van der Waals surface area contributed by atoms with Crippen LogP contribution in [0.2, 0.25) is 0 Å². The first-order valence-electron chi connectivity index (χ1n) is 24.4. The normalized spacial score (nSPS) is 13.6. The third-order valence-electron chi connectivity index (χ3n) is 10.8. The highest BCUT2D eigenvalue weighted by Gasteiger charge is 2.27. The van der Waals surface area contributed by atoms with Crippen molar-refractivity contribution < 1.29 is 42.1 Å². The first-order chi connectivity index (χ1) is 28.0. The number of phosphoric ester groups is 1. The second-order valence-corrected chi connectivity index (χ2v) is 19.3. The van der Waals surface area contributed by atoms with Crippen molar-refractivity contribution in [2.75, 3.05) is 47.5 Å². The Morgan fingerprint density at radius 2 is 0.879 bits per heavy atom. The molecular formula is C48H95NO8P+. The number of allylic oxidation sites excluding steroid dienone is 2. The van der Waals surface area contributed by atoms with Gasteiger partial charge in [0.2, 0.25) is 0 Å². The van der Waals surface area contributed by atoms with Crippen molar-refractivity contribution in [1.82, 2.24) is 0 Å². The summed E-state index contributed by atoms with van der Waals surface area (Å²) in [7, 11) is 1.49. The van der Waals surface area contributed by atoms with Crippen LogP contribution in [-0.4, -0.2) is 74.9 Å². The van der Waals surface area contributed by atoms with Gasteiger partial charge in [0.15, 0.2) is 6.10 Å². The monoisotopic (exact) mass is 845 g/mol. The van der Waals surface area contributed by atoms with Crippen LogP contribution in [-0.2, 0) is 32.7 Å². The van der Waals surface area contributed by atoms with Crippen molar-refractivity contribution >= 4 is 19.8 Å². The van der Waals surface area contributed by atoms with Gasteiger partial charge < -0.3 is 18.9 Å². The molecule has 1 N–H and O–H groups in total. The average Bonchev–Trinajstić information content (AvgIpc) is 3.17. The Hall–Kier alpha value is -1.25. The van der Waals surface area contributed by atoms with Gasteiger partial charge in [0.25, 0.3) is 0 Å². The fourth-order valence-electron chi connectivity index (χ4n) is 6.95. The lowest BCUT2D eigenvalue weighted by Gasteiger charge is -2.24. The third kappa shape index (κ3) is 44.3. The Morgan fingerprint density at radius 1 is 0.517 bits per heavy atom. The van der Waals surface area contributed by atoms with E-state index in [-0.39, 0.29) is 32.0 Å². The number of rotatable bonds is 45. The molecule has 0 aliphatic carbocycles. The summed E-state index contributed by atoms with van der Waals surface area (Å²) in [4.78, 5) is 35.5. The molecule has 0 rings (SSSR count). The molecule has 0 fully saturated rings. The summed E-state index contributed by atoms with van der Waals surface area (Å²) >= 11 is 0. The van der Waals surface area contributed by atoms with E-state index >= 15 is 0 Å². The zero-order valence-electron chi connectivity index (χ0n) is 38.8. The lowest BCUT2D eigenvalue weighted by Crippen LogP contribution is -2.37. The number of likely N-dealkylation sites (N-methyl/N-ethyl adjacent to an activating group) is 1. The number of carbonyl (C=O) groups excluding carboxylic acids is 2. The van der Waals surface area contributed by atoms with Gasteiger partial charge >= 0.3 is 19.8 Å². The summed E-state index contributed by atoms with van der Waals surface area (Å²) in [6, 6.07) is 0. The molecule has 9 nitrogen and oxygen atoms in total. The molecule has 0 aromatic carbocycles. The van der Waals surface area contributed by atoms with Crippen molar-refractivity contribution in [3.05, 3.63) is 12.2 Å². The van der Waals surface area contributed by atoms with E-state index in [4.69, 9.17) is 18.5 Å². The highest BCUT2D eigenvalue weighted by molar-refractivity contribution is 7.47. The molecule has 0 aromatic heterocycles. The smallest absolute Gasteiger partial charge is 0.462 e. The predicted molar refractivity (Wildman–Crippen MR) is 243 cm³/mol. The van der Waals surface area contributed by atoms with Gasteiger partial charge in [-0.1, -0.05) is 193 Å². The van der Waals surface area contributed by atoms with Crippen LogP contribution in [0, 0.1) is 0 Å². The Bertz CT molecular complexity index is 1000. The number of phosphoric acid groups is 1. The molecule has 0 aromatic rings. The summed E-state index contributed by atoms with van der Waals surface area (Å²) in [5.74, 6) is -0.795. The van der Waals surface area contributed by atoms with E-state index in [1.165, 1.54) is 148 Å². The minimum absolute atomic E-state index is 0.0338. The van der Waals surface area contributed by atoms with Gasteiger partial charge in [-0.15, -0.1) is 0 Å². The number of ether oxygens (including phenoxy) is 2. The SMILES string of the molecule is CCCCCCCCC/C=C\CCCCCCCC(=O)OC[C@H](COP(=O)(O)OCC[N+](C)(C)C)OC(=O)CCCCCCCCCCCCCCCCCCCC. The molecular weight excluding hydrogens is 750 g/mol. The van der Waals surface area contributed by atoms with Gasteiger partial charge in [-0.2, -0.15) is 0 Å². The number of quaternary nitrogens is 1. The summed E-state index contributed by atoms with van der Waals surface area (Å²) in [6.07, 6.45) is 44.0. The van der Waals surface area contributed by atoms with E-state index in [2.05, 4.69) is 26.0 Å². The highest BCUT2D eigenvalue weighted by Crippen LogP contribution is 2.43. The van der Waals surface area contributed by atoms with E-state index in [1.54, 1.807) is 0 Å². The maximum Gasteiger partial charge on any atom is 0.472 e. The van der Waals surface area contributed by atoms with Gasteiger partial charge in [-0.25, -0.2) is 4.57 Å².